The number of nitrogens with zero attached hydrogens (tertiary/aromatic N) is 1. The van der Waals surface area contributed by atoms with Gasteiger partial charge in [-0.25, -0.2) is 13.1 Å². The third kappa shape index (κ3) is 6.85. The number of hydrogen-bond acceptors (Lipinski definition) is 6. The quantitative estimate of drug-likeness (QED) is 0.502. The van der Waals surface area contributed by atoms with Crippen LogP contribution >= 0.6 is 0 Å². The molecule has 0 aliphatic carbocycles. The smallest absolute Gasteiger partial charge is 0.310 e. The second-order valence-corrected chi connectivity index (χ2v) is 11.9. The molecule has 196 valence electrons. The molecule has 1 heterocycles. The molecule has 2 aromatic rings. The van der Waals surface area contributed by atoms with Crippen LogP contribution in [0.5, 0.6) is 0 Å². The van der Waals surface area contributed by atoms with Gasteiger partial charge in [0.25, 0.3) is 0 Å². The van der Waals surface area contributed by atoms with Crippen LogP contribution in [0.15, 0.2) is 53.4 Å². The van der Waals surface area contributed by atoms with Crippen LogP contribution in [0.1, 0.15) is 59.1 Å². The topological polar surface area (TPSA) is 105 Å². The molecule has 0 radical (unpaired) electrons. The van der Waals surface area contributed by atoms with E-state index in [2.05, 4.69) is 10.0 Å². The van der Waals surface area contributed by atoms with Crippen LogP contribution in [-0.4, -0.2) is 40.0 Å². The standard InChI is InChI=1S/C27H37N3O5S/c1-6-35-25(31)21-13-10-16-30(18-21)23-15-14-22(28-26(32)27(3,4)5)17-24(23)36(33,34)29-19(2)20-11-8-7-9-12-20/h7-9,11-12,14-15,17,19,21,29H,6,10,13,16,18H2,1-5H3,(H,28,32)/t19-,21-/m1/s1. The number of carbonyl (C=O) groups is 2. The highest BCUT2D eigenvalue weighted by Gasteiger charge is 2.31. The van der Waals surface area contributed by atoms with E-state index < -0.39 is 21.5 Å². The Morgan fingerprint density at radius 3 is 2.47 bits per heavy atom. The Morgan fingerprint density at radius 1 is 1.14 bits per heavy atom. The van der Waals surface area contributed by atoms with Gasteiger partial charge in [0, 0.05) is 30.2 Å². The van der Waals surface area contributed by atoms with Crippen molar-refractivity contribution in [3.05, 3.63) is 54.1 Å². The average Bonchev–Trinajstić information content (AvgIpc) is 2.84. The van der Waals surface area contributed by atoms with Crippen molar-refractivity contribution in [2.45, 2.75) is 58.4 Å². The number of anilines is 2. The largest absolute Gasteiger partial charge is 0.466 e. The molecule has 2 aromatic carbocycles. The fourth-order valence-electron chi connectivity index (χ4n) is 4.14. The van der Waals surface area contributed by atoms with Gasteiger partial charge >= 0.3 is 5.97 Å². The summed E-state index contributed by atoms with van der Waals surface area (Å²) in [6.45, 7) is 10.2. The van der Waals surface area contributed by atoms with Crippen molar-refractivity contribution in [1.82, 2.24) is 4.72 Å². The molecule has 1 aliphatic rings. The van der Waals surface area contributed by atoms with Crippen molar-refractivity contribution < 1.29 is 22.7 Å². The van der Waals surface area contributed by atoms with Crippen LogP contribution < -0.4 is 14.9 Å². The molecule has 0 saturated carbocycles. The number of sulfonamides is 1. The van der Waals surface area contributed by atoms with Crippen LogP contribution in [0.2, 0.25) is 0 Å². The van der Waals surface area contributed by atoms with Crippen LogP contribution in [0.25, 0.3) is 0 Å². The summed E-state index contributed by atoms with van der Waals surface area (Å²) < 4.78 is 35.4. The zero-order valence-electron chi connectivity index (χ0n) is 21.7. The average molecular weight is 516 g/mol. The Kier molecular flexibility index (Phi) is 8.79. The number of hydrogen-bond donors (Lipinski definition) is 2. The highest BCUT2D eigenvalue weighted by molar-refractivity contribution is 7.89. The molecule has 1 saturated heterocycles. The van der Waals surface area contributed by atoms with Crippen LogP contribution in [0, 0.1) is 11.3 Å². The van der Waals surface area contributed by atoms with Gasteiger partial charge in [0.15, 0.2) is 0 Å². The van der Waals surface area contributed by atoms with Crippen LogP contribution in [0.4, 0.5) is 11.4 Å². The molecule has 0 bridgehead atoms. The number of piperidine rings is 1. The summed E-state index contributed by atoms with van der Waals surface area (Å²) in [4.78, 5) is 27.0. The van der Waals surface area contributed by atoms with Gasteiger partial charge < -0.3 is 15.0 Å². The second-order valence-electron chi connectivity index (χ2n) is 10.2. The zero-order valence-corrected chi connectivity index (χ0v) is 22.5. The van der Waals surface area contributed by atoms with Crippen molar-refractivity contribution in [2.75, 3.05) is 29.9 Å². The maximum Gasteiger partial charge on any atom is 0.310 e. The van der Waals surface area contributed by atoms with E-state index in [4.69, 9.17) is 4.74 Å². The van der Waals surface area contributed by atoms with Gasteiger partial charge in [0.2, 0.25) is 15.9 Å². The molecular weight excluding hydrogens is 478 g/mol. The molecule has 2 atom stereocenters. The van der Waals surface area contributed by atoms with E-state index in [9.17, 15) is 18.0 Å². The molecule has 0 aromatic heterocycles. The summed E-state index contributed by atoms with van der Waals surface area (Å²) >= 11 is 0. The number of ether oxygens (including phenoxy) is 1. The minimum absolute atomic E-state index is 0.0569. The monoisotopic (exact) mass is 515 g/mol. The lowest BCUT2D eigenvalue weighted by atomic mass is 9.95. The van der Waals surface area contributed by atoms with E-state index in [-0.39, 0.29) is 22.7 Å². The summed E-state index contributed by atoms with van der Waals surface area (Å²) in [6, 6.07) is 13.7. The minimum Gasteiger partial charge on any atom is -0.466 e. The molecule has 3 rings (SSSR count). The third-order valence-corrected chi connectivity index (χ3v) is 7.77. The third-order valence-electron chi connectivity index (χ3n) is 6.20. The van der Waals surface area contributed by atoms with Gasteiger partial charge in [-0.15, -0.1) is 0 Å². The van der Waals surface area contributed by atoms with Crippen molar-refractivity contribution in [3.8, 4) is 0 Å². The van der Waals surface area contributed by atoms with Gasteiger partial charge in [0.05, 0.1) is 18.2 Å². The molecule has 0 spiro atoms. The zero-order chi connectivity index (χ0) is 26.5. The summed E-state index contributed by atoms with van der Waals surface area (Å²) in [6.07, 6.45) is 1.43. The summed E-state index contributed by atoms with van der Waals surface area (Å²) in [5.74, 6) is -0.813. The highest BCUT2D eigenvalue weighted by Crippen LogP contribution is 2.33. The van der Waals surface area contributed by atoms with E-state index in [1.807, 2.05) is 35.2 Å². The summed E-state index contributed by atoms with van der Waals surface area (Å²) in [7, 11) is -3.99. The molecule has 8 nitrogen and oxygen atoms in total. The first kappa shape index (κ1) is 27.7. The van der Waals surface area contributed by atoms with Crippen molar-refractivity contribution in [1.29, 1.82) is 0 Å². The Bertz CT molecular complexity index is 1180. The fraction of sp³-hybridized carbons (Fsp3) is 0.481. The predicted octanol–water partition coefficient (Wildman–Crippen LogP) is 4.49. The molecule has 9 heteroatoms. The summed E-state index contributed by atoms with van der Waals surface area (Å²) in [5, 5.41) is 2.83. The Balaban J connectivity index is 1.98. The number of esters is 1. The molecule has 1 aliphatic heterocycles. The lowest BCUT2D eigenvalue weighted by Gasteiger charge is -2.34. The minimum atomic E-state index is -3.99. The van der Waals surface area contributed by atoms with E-state index in [1.54, 1.807) is 46.8 Å². The predicted molar refractivity (Wildman–Crippen MR) is 141 cm³/mol. The van der Waals surface area contributed by atoms with Gasteiger partial charge in [-0.05, 0) is 50.5 Å². The molecule has 2 N–H and O–H groups in total. The number of amides is 1. The molecule has 36 heavy (non-hydrogen) atoms. The van der Waals surface area contributed by atoms with Gasteiger partial charge in [-0.2, -0.15) is 0 Å². The molecule has 1 amide bonds. The van der Waals surface area contributed by atoms with E-state index in [0.717, 1.165) is 12.0 Å². The molecular formula is C27H37N3O5S. The van der Waals surface area contributed by atoms with E-state index >= 15 is 0 Å². The number of rotatable bonds is 8. The van der Waals surface area contributed by atoms with E-state index in [0.29, 0.717) is 37.5 Å². The fourth-order valence-corrected chi connectivity index (χ4v) is 5.62. The Morgan fingerprint density at radius 2 is 1.83 bits per heavy atom. The maximum atomic E-state index is 13.7. The van der Waals surface area contributed by atoms with Crippen LogP contribution in [0.3, 0.4) is 0 Å². The SMILES string of the molecule is CCOC(=O)[C@@H]1CCCN(c2ccc(NC(=O)C(C)(C)C)cc2S(=O)(=O)N[C@H](C)c2ccccc2)C1. The van der Waals surface area contributed by atoms with Crippen molar-refractivity contribution in [3.63, 3.8) is 0 Å². The van der Waals surface area contributed by atoms with Gasteiger partial charge in [0.1, 0.15) is 4.90 Å². The normalized spacial score (nSPS) is 17.4. The number of benzene rings is 2. The lowest BCUT2D eigenvalue weighted by Crippen LogP contribution is -2.40. The Hall–Kier alpha value is -2.91. The van der Waals surface area contributed by atoms with Gasteiger partial charge in [-0.3, -0.25) is 9.59 Å². The van der Waals surface area contributed by atoms with Crippen molar-refractivity contribution in [2.24, 2.45) is 11.3 Å². The van der Waals surface area contributed by atoms with Crippen molar-refractivity contribution >= 4 is 33.3 Å². The van der Waals surface area contributed by atoms with E-state index in [1.165, 1.54) is 6.07 Å². The molecule has 1 fully saturated rings. The van der Waals surface area contributed by atoms with Gasteiger partial charge in [-0.1, -0.05) is 51.1 Å². The summed E-state index contributed by atoms with van der Waals surface area (Å²) in [5.41, 5.74) is 1.08. The number of nitrogens with one attached hydrogen (secondary N) is 2. The second kappa shape index (κ2) is 11.4. The highest BCUT2D eigenvalue weighted by atomic mass is 32.2. The Labute approximate surface area is 214 Å². The number of carbonyl (C=O) groups excluding carboxylic acids is 2. The first-order chi connectivity index (χ1) is 16.9. The molecule has 0 unspecified atom stereocenters. The first-order valence-corrected chi connectivity index (χ1v) is 13.8. The van der Waals surface area contributed by atoms with Crippen LogP contribution in [-0.2, 0) is 24.3 Å². The first-order valence-electron chi connectivity index (χ1n) is 12.4. The maximum absolute atomic E-state index is 13.7. The lowest BCUT2D eigenvalue weighted by molar-refractivity contribution is -0.148.